The van der Waals surface area contributed by atoms with Gasteiger partial charge in [0.05, 0.1) is 13.2 Å². The number of methoxy groups -OCH3 is 1. The first-order valence-corrected chi connectivity index (χ1v) is 22.4. The molecule has 1 amide bonds. The van der Waals surface area contributed by atoms with Crippen molar-refractivity contribution < 1.29 is 28.2 Å². The molecule has 9 heteroatoms. The van der Waals surface area contributed by atoms with Crippen molar-refractivity contribution >= 4 is 22.5 Å². The molecule has 0 radical (unpaired) electrons. The van der Waals surface area contributed by atoms with Crippen LogP contribution in [-0.2, 0) is 33.2 Å². The Bertz CT molecular complexity index is 1420. The topological polar surface area (TPSA) is 86.3 Å². The summed E-state index contributed by atoms with van der Waals surface area (Å²) in [6, 6.07) is 25.4. The van der Waals surface area contributed by atoms with E-state index in [-0.39, 0.29) is 22.4 Å². The summed E-state index contributed by atoms with van der Waals surface area (Å²) in [5, 5.41) is 14.8. The number of benzene rings is 3. The molecule has 2 N–H and O–H groups in total. The fourth-order valence-electron chi connectivity index (χ4n) is 4.56. The third-order valence-electron chi connectivity index (χ3n) is 9.62. The molecule has 0 heterocycles. The van der Waals surface area contributed by atoms with E-state index in [1.54, 1.807) is 7.11 Å². The molecular weight excluding hydrogens is 623 g/mol. The summed E-state index contributed by atoms with van der Waals surface area (Å²) in [6.45, 7) is 22.2. The predicted molar refractivity (Wildman–Crippen MR) is 196 cm³/mol. The summed E-state index contributed by atoms with van der Waals surface area (Å²) in [4.78, 5) is 14.2. The van der Waals surface area contributed by atoms with Gasteiger partial charge >= 0.3 is 0 Å². The van der Waals surface area contributed by atoms with Crippen molar-refractivity contribution in [2.75, 3.05) is 7.11 Å². The summed E-state index contributed by atoms with van der Waals surface area (Å²) in [5.41, 5.74) is 2.87. The minimum Gasteiger partial charge on any atom is -0.493 e. The molecule has 0 fully saturated rings. The monoisotopic (exact) mass is 679 g/mol. The van der Waals surface area contributed by atoms with Gasteiger partial charge in [0.1, 0.15) is 12.7 Å². The minimum absolute atomic E-state index is 0.159. The zero-order chi connectivity index (χ0) is 35.0. The fourth-order valence-corrected chi connectivity index (χ4v) is 7.10. The lowest BCUT2D eigenvalue weighted by atomic mass is 9.99. The second-order valence-corrected chi connectivity index (χ2v) is 24.9. The van der Waals surface area contributed by atoms with Crippen LogP contribution in [0.3, 0.4) is 0 Å². The van der Waals surface area contributed by atoms with E-state index in [0.717, 1.165) is 16.7 Å². The average Bonchev–Trinajstić information content (AvgIpc) is 3.00. The molecule has 0 aliphatic carbocycles. The smallest absolute Gasteiger partial charge is 0.250 e. The first kappa shape index (κ1) is 38.5. The quantitative estimate of drug-likeness (QED) is 0.157. The van der Waals surface area contributed by atoms with Crippen LogP contribution in [0.5, 0.6) is 11.5 Å². The number of carbonyl (C=O) groups excluding carboxylic acids is 1. The maximum atomic E-state index is 14.2. The van der Waals surface area contributed by atoms with E-state index >= 15 is 0 Å². The third-order valence-corrected chi connectivity index (χ3v) is 18.5. The highest BCUT2D eigenvalue weighted by atomic mass is 28.4. The molecule has 0 bridgehead atoms. The van der Waals surface area contributed by atoms with Crippen molar-refractivity contribution in [2.45, 2.75) is 116 Å². The van der Waals surface area contributed by atoms with Crippen LogP contribution >= 0.6 is 0 Å². The van der Waals surface area contributed by atoms with Crippen LogP contribution in [0.15, 0.2) is 78.9 Å². The van der Waals surface area contributed by atoms with Crippen LogP contribution in [0.25, 0.3) is 0 Å². The molecule has 0 aliphatic heterocycles. The Labute approximate surface area is 285 Å². The summed E-state index contributed by atoms with van der Waals surface area (Å²) in [5.74, 6) is 0.897. The molecule has 7 nitrogen and oxygen atoms in total. The van der Waals surface area contributed by atoms with Crippen LogP contribution in [0.1, 0.15) is 58.2 Å². The van der Waals surface area contributed by atoms with Crippen LogP contribution in [0.2, 0.25) is 36.3 Å². The van der Waals surface area contributed by atoms with Gasteiger partial charge in [-0.3, -0.25) is 4.79 Å². The maximum absolute atomic E-state index is 14.2. The number of hydrogen-bond acceptors (Lipinski definition) is 6. The Morgan fingerprint density at radius 2 is 1.28 bits per heavy atom. The summed E-state index contributed by atoms with van der Waals surface area (Å²) in [7, 11) is -3.37. The third kappa shape index (κ3) is 10.8. The number of rotatable bonds is 15. The van der Waals surface area contributed by atoms with Crippen LogP contribution in [0.4, 0.5) is 0 Å². The van der Waals surface area contributed by atoms with Crippen molar-refractivity contribution in [3.8, 4) is 11.5 Å². The van der Waals surface area contributed by atoms with Crippen molar-refractivity contribution in [1.29, 1.82) is 0 Å². The zero-order valence-corrected chi connectivity index (χ0v) is 32.3. The SMILES string of the molecule is COc1cc(C[C@@H](O)[C@H](O[Si](C)(C)C(C)(C)C)[C@@H](O[Si](C)(C)C(C)(C)C)C(=O)NCc2ccccc2)ccc1OCc1ccccc1. The molecule has 0 saturated heterocycles. The number of ether oxygens (including phenoxy) is 2. The largest absolute Gasteiger partial charge is 0.493 e. The Balaban J connectivity index is 1.97. The number of aliphatic hydroxyl groups excluding tert-OH is 1. The van der Waals surface area contributed by atoms with Crippen LogP contribution in [-0.4, -0.2) is 53.1 Å². The van der Waals surface area contributed by atoms with Gasteiger partial charge < -0.3 is 28.7 Å². The van der Waals surface area contributed by atoms with E-state index in [0.29, 0.717) is 24.7 Å². The van der Waals surface area contributed by atoms with Crippen LogP contribution in [0, 0.1) is 0 Å². The van der Waals surface area contributed by atoms with E-state index in [9.17, 15) is 9.90 Å². The number of carbonyl (C=O) groups is 1. The Morgan fingerprint density at radius 3 is 1.81 bits per heavy atom. The van der Waals surface area contributed by atoms with Gasteiger partial charge in [0.15, 0.2) is 34.2 Å². The number of nitrogens with one attached hydrogen (secondary N) is 1. The average molecular weight is 680 g/mol. The standard InChI is InChI=1S/C38H57NO6Si2/c1-37(2,3)46(8,9)44-34(35(45-47(10,11)38(4,5)6)36(41)39-26-28-18-14-12-15-19-28)31(40)24-30-22-23-32(33(25-30)42-7)43-27-29-20-16-13-17-21-29/h12-23,25,31,34-35,40H,24,26-27H2,1-11H3,(H,39,41)/t31-,34+,35-/m1/s1. The van der Waals surface area contributed by atoms with Gasteiger partial charge in [-0.15, -0.1) is 0 Å². The molecule has 3 atom stereocenters. The van der Waals surface area contributed by atoms with E-state index in [1.807, 2.05) is 78.9 Å². The first-order chi connectivity index (χ1) is 21.8. The van der Waals surface area contributed by atoms with Gasteiger partial charge in [0.2, 0.25) is 0 Å². The number of amides is 1. The second-order valence-electron chi connectivity index (χ2n) is 15.4. The maximum Gasteiger partial charge on any atom is 0.250 e. The van der Waals surface area contributed by atoms with Crippen LogP contribution < -0.4 is 14.8 Å². The van der Waals surface area contributed by atoms with Gasteiger partial charge in [0.25, 0.3) is 5.91 Å². The number of aliphatic hydroxyl groups is 1. The van der Waals surface area contributed by atoms with Gasteiger partial charge in [0, 0.05) is 13.0 Å². The molecule has 258 valence electrons. The molecular formula is C38H57NO6Si2. The summed E-state index contributed by atoms with van der Waals surface area (Å²) in [6.07, 6.45) is -2.72. The second kappa shape index (κ2) is 16.0. The van der Waals surface area contributed by atoms with Crippen molar-refractivity contribution in [1.82, 2.24) is 5.32 Å². The first-order valence-electron chi connectivity index (χ1n) is 16.5. The molecule has 0 spiro atoms. The lowest BCUT2D eigenvalue weighted by Crippen LogP contribution is -2.59. The van der Waals surface area contributed by atoms with E-state index in [4.69, 9.17) is 18.3 Å². The Kier molecular flexibility index (Phi) is 13.1. The zero-order valence-electron chi connectivity index (χ0n) is 30.3. The number of hydrogen-bond donors (Lipinski definition) is 2. The van der Waals surface area contributed by atoms with E-state index in [2.05, 4.69) is 73.0 Å². The lowest BCUT2D eigenvalue weighted by Gasteiger charge is -2.45. The van der Waals surface area contributed by atoms with Gasteiger partial charge in [-0.25, -0.2) is 0 Å². The lowest BCUT2D eigenvalue weighted by molar-refractivity contribution is -0.138. The predicted octanol–water partition coefficient (Wildman–Crippen LogP) is 8.27. The minimum atomic E-state index is -2.49. The summed E-state index contributed by atoms with van der Waals surface area (Å²) >= 11 is 0. The highest BCUT2D eigenvalue weighted by Gasteiger charge is 2.48. The molecule has 0 saturated carbocycles. The van der Waals surface area contributed by atoms with Crippen molar-refractivity contribution in [3.05, 3.63) is 95.6 Å². The van der Waals surface area contributed by atoms with Gasteiger partial charge in [-0.2, -0.15) is 0 Å². The molecule has 3 aromatic rings. The molecule has 3 aromatic carbocycles. The normalized spacial score (nSPS) is 14.6. The van der Waals surface area contributed by atoms with Crippen molar-refractivity contribution in [3.63, 3.8) is 0 Å². The fraction of sp³-hybridized carbons (Fsp3) is 0.500. The Hall–Kier alpha value is -2.96. The molecule has 47 heavy (non-hydrogen) atoms. The van der Waals surface area contributed by atoms with E-state index in [1.165, 1.54) is 0 Å². The van der Waals surface area contributed by atoms with Gasteiger partial charge in [-0.05, 0) is 65.1 Å². The molecule has 3 rings (SSSR count). The highest BCUT2D eigenvalue weighted by molar-refractivity contribution is 6.74. The Morgan fingerprint density at radius 1 is 0.745 bits per heavy atom. The van der Waals surface area contributed by atoms with E-state index < -0.39 is 34.9 Å². The highest BCUT2D eigenvalue weighted by Crippen LogP contribution is 2.41. The molecule has 0 aromatic heterocycles. The van der Waals surface area contributed by atoms with Gasteiger partial charge in [-0.1, -0.05) is 108 Å². The van der Waals surface area contributed by atoms with Crippen molar-refractivity contribution in [2.24, 2.45) is 0 Å². The molecule has 0 aliphatic rings. The summed E-state index contributed by atoms with van der Waals surface area (Å²) < 4.78 is 25.6. The molecule has 0 unspecified atom stereocenters.